The summed E-state index contributed by atoms with van der Waals surface area (Å²) in [6.45, 7) is 4.53. The van der Waals surface area contributed by atoms with Crippen LogP contribution < -0.4 is 5.32 Å². The summed E-state index contributed by atoms with van der Waals surface area (Å²) in [6, 6.07) is 15.8. The van der Waals surface area contributed by atoms with Crippen LogP contribution in [0.4, 0.5) is 0 Å². The molecule has 0 aromatic heterocycles. The molecule has 0 aliphatic heterocycles. The summed E-state index contributed by atoms with van der Waals surface area (Å²) in [5.41, 5.74) is 0. The highest BCUT2D eigenvalue weighted by Crippen LogP contribution is 2.28. The molecule has 18 heavy (non-hydrogen) atoms. The first-order chi connectivity index (χ1) is 8.69. The van der Waals surface area contributed by atoms with Crippen LogP contribution in [0, 0.1) is 0 Å². The lowest BCUT2D eigenvalue weighted by Gasteiger charge is -2.16. The van der Waals surface area contributed by atoms with E-state index in [-0.39, 0.29) is 0 Å². The number of thioether (sulfide) groups is 1. The van der Waals surface area contributed by atoms with Gasteiger partial charge in [0.15, 0.2) is 0 Å². The van der Waals surface area contributed by atoms with Crippen molar-refractivity contribution in [3.05, 3.63) is 42.5 Å². The van der Waals surface area contributed by atoms with Gasteiger partial charge in [0, 0.05) is 16.2 Å². The molecule has 0 saturated heterocycles. The van der Waals surface area contributed by atoms with Gasteiger partial charge < -0.3 is 5.32 Å². The summed E-state index contributed by atoms with van der Waals surface area (Å²) in [6.07, 6.45) is 1.19. The maximum Gasteiger partial charge on any atom is 0.00810 e. The average molecular weight is 259 g/mol. The van der Waals surface area contributed by atoms with Crippen LogP contribution in [0.25, 0.3) is 10.8 Å². The fourth-order valence-electron chi connectivity index (χ4n) is 2.14. The molecule has 0 spiro atoms. The van der Waals surface area contributed by atoms with E-state index in [1.54, 1.807) is 0 Å². The van der Waals surface area contributed by atoms with Gasteiger partial charge in [-0.15, -0.1) is 11.8 Å². The van der Waals surface area contributed by atoms with E-state index in [1.165, 1.54) is 22.1 Å². The van der Waals surface area contributed by atoms with Gasteiger partial charge in [-0.05, 0) is 43.3 Å². The summed E-state index contributed by atoms with van der Waals surface area (Å²) in [5.74, 6) is 0. The second-order valence-electron chi connectivity index (χ2n) is 4.86. The van der Waals surface area contributed by atoms with Crippen LogP contribution in [0.1, 0.15) is 20.3 Å². The lowest BCUT2D eigenvalue weighted by atomic mass is 10.1. The van der Waals surface area contributed by atoms with Gasteiger partial charge >= 0.3 is 0 Å². The van der Waals surface area contributed by atoms with E-state index in [2.05, 4.69) is 61.6 Å². The van der Waals surface area contributed by atoms with Gasteiger partial charge in [0.25, 0.3) is 0 Å². The molecule has 0 bridgehead atoms. The Morgan fingerprint density at radius 2 is 1.78 bits per heavy atom. The molecular weight excluding hydrogens is 238 g/mol. The molecule has 1 N–H and O–H groups in total. The molecule has 0 fully saturated rings. The number of hydrogen-bond donors (Lipinski definition) is 1. The molecular formula is C16H21NS. The van der Waals surface area contributed by atoms with Crippen LogP contribution in [0.15, 0.2) is 47.4 Å². The zero-order chi connectivity index (χ0) is 13.0. The van der Waals surface area contributed by atoms with Crippen LogP contribution >= 0.6 is 11.8 Å². The van der Waals surface area contributed by atoms with E-state index in [0.29, 0.717) is 11.3 Å². The summed E-state index contributed by atoms with van der Waals surface area (Å²) in [7, 11) is 2.03. The second-order valence-corrected chi connectivity index (χ2v) is 6.37. The zero-order valence-electron chi connectivity index (χ0n) is 11.3. The molecule has 0 amide bonds. The molecule has 2 rings (SSSR count). The Morgan fingerprint density at radius 3 is 2.50 bits per heavy atom. The summed E-state index contributed by atoms with van der Waals surface area (Å²) in [5, 5.41) is 6.58. The number of fused-ring (bicyclic) bond motifs is 1. The van der Waals surface area contributed by atoms with Crippen molar-refractivity contribution < 1.29 is 0 Å². The van der Waals surface area contributed by atoms with Gasteiger partial charge in [0.2, 0.25) is 0 Å². The van der Waals surface area contributed by atoms with Crippen molar-refractivity contribution in [2.24, 2.45) is 0 Å². The first kappa shape index (κ1) is 13.4. The highest BCUT2D eigenvalue weighted by molar-refractivity contribution is 8.00. The second kappa shape index (κ2) is 6.26. The zero-order valence-corrected chi connectivity index (χ0v) is 12.1. The van der Waals surface area contributed by atoms with Crippen molar-refractivity contribution in [3.63, 3.8) is 0 Å². The maximum atomic E-state index is 3.30. The third kappa shape index (κ3) is 3.50. The Balaban J connectivity index is 2.07. The van der Waals surface area contributed by atoms with Crippen molar-refractivity contribution in [2.75, 3.05) is 7.05 Å². The van der Waals surface area contributed by atoms with Crippen molar-refractivity contribution in [1.29, 1.82) is 0 Å². The minimum atomic E-state index is 0.577. The summed E-state index contributed by atoms with van der Waals surface area (Å²) < 4.78 is 0. The van der Waals surface area contributed by atoms with Crippen LogP contribution in [0.5, 0.6) is 0 Å². The molecule has 0 aliphatic rings. The summed E-state index contributed by atoms with van der Waals surface area (Å²) in [4.78, 5) is 1.37. The summed E-state index contributed by atoms with van der Waals surface area (Å²) >= 11 is 1.96. The SMILES string of the molecule is CNC(C)CC(C)Sc1ccc2ccccc2c1. The van der Waals surface area contributed by atoms with Crippen molar-refractivity contribution >= 4 is 22.5 Å². The van der Waals surface area contributed by atoms with Crippen LogP contribution in [0.3, 0.4) is 0 Å². The van der Waals surface area contributed by atoms with Gasteiger partial charge in [0.1, 0.15) is 0 Å². The smallest absolute Gasteiger partial charge is 0.00810 e. The Labute approximate surface area is 114 Å². The number of nitrogens with one attached hydrogen (secondary N) is 1. The first-order valence-electron chi connectivity index (χ1n) is 6.52. The maximum absolute atomic E-state index is 3.30. The van der Waals surface area contributed by atoms with Crippen molar-refractivity contribution in [3.8, 4) is 0 Å². The van der Waals surface area contributed by atoms with Crippen LogP contribution in [-0.4, -0.2) is 18.3 Å². The Hall–Kier alpha value is -0.990. The topological polar surface area (TPSA) is 12.0 Å². The Morgan fingerprint density at radius 1 is 1.06 bits per heavy atom. The van der Waals surface area contributed by atoms with E-state index < -0.39 is 0 Å². The lowest BCUT2D eigenvalue weighted by molar-refractivity contribution is 0.564. The lowest BCUT2D eigenvalue weighted by Crippen LogP contribution is -2.24. The third-order valence-electron chi connectivity index (χ3n) is 3.24. The van der Waals surface area contributed by atoms with E-state index in [1.807, 2.05) is 18.8 Å². The molecule has 0 aliphatic carbocycles. The van der Waals surface area contributed by atoms with Gasteiger partial charge in [-0.1, -0.05) is 37.3 Å². The van der Waals surface area contributed by atoms with Gasteiger partial charge in [-0.2, -0.15) is 0 Å². The minimum Gasteiger partial charge on any atom is -0.317 e. The molecule has 0 heterocycles. The van der Waals surface area contributed by atoms with Crippen molar-refractivity contribution in [1.82, 2.24) is 5.32 Å². The Bertz CT molecular complexity index is 509. The van der Waals surface area contributed by atoms with Gasteiger partial charge in [-0.3, -0.25) is 0 Å². The largest absolute Gasteiger partial charge is 0.317 e. The van der Waals surface area contributed by atoms with Gasteiger partial charge in [0.05, 0.1) is 0 Å². The van der Waals surface area contributed by atoms with Gasteiger partial charge in [-0.25, -0.2) is 0 Å². The minimum absolute atomic E-state index is 0.577. The van der Waals surface area contributed by atoms with E-state index in [4.69, 9.17) is 0 Å². The van der Waals surface area contributed by atoms with E-state index >= 15 is 0 Å². The highest BCUT2D eigenvalue weighted by Gasteiger charge is 2.08. The predicted molar refractivity (Wildman–Crippen MR) is 82.4 cm³/mol. The van der Waals surface area contributed by atoms with Crippen LogP contribution in [0.2, 0.25) is 0 Å². The Kier molecular flexibility index (Phi) is 4.67. The molecule has 2 aromatic rings. The molecule has 96 valence electrons. The molecule has 1 nitrogen and oxygen atoms in total. The normalized spacial score (nSPS) is 14.6. The molecule has 2 unspecified atom stereocenters. The van der Waals surface area contributed by atoms with Crippen molar-refractivity contribution in [2.45, 2.75) is 36.5 Å². The fraction of sp³-hybridized carbons (Fsp3) is 0.375. The molecule has 0 radical (unpaired) electrons. The third-order valence-corrected chi connectivity index (χ3v) is 4.36. The van der Waals surface area contributed by atoms with E-state index in [9.17, 15) is 0 Å². The number of benzene rings is 2. The average Bonchev–Trinajstić information content (AvgIpc) is 2.38. The van der Waals surface area contributed by atoms with E-state index in [0.717, 1.165) is 0 Å². The molecule has 2 atom stereocenters. The van der Waals surface area contributed by atoms with Crippen LogP contribution in [-0.2, 0) is 0 Å². The standard InChI is InChI=1S/C16H21NS/c1-12(17-3)10-13(2)18-16-9-8-14-6-4-5-7-15(14)11-16/h4-9,11-13,17H,10H2,1-3H3. The molecule has 2 heteroatoms. The number of rotatable bonds is 5. The monoisotopic (exact) mass is 259 g/mol. The number of hydrogen-bond acceptors (Lipinski definition) is 2. The fourth-order valence-corrected chi connectivity index (χ4v) is 3.33. The molecule has 0 saturated carbocycles. The first-order valence-corrected chi connectivity index (χ1v) is 7.39. The highest BCUT2D eigenvalue weighted by atomic mass is 32.2. The predicted octanol–water partition coefficient (Wildman–Crippen LogP) is 4.32. The quantitative estimate of drug-likeness (QED) is 0.803. The molecule has 2 aromatic carbocycles.